The molecule has 3 aromatic rings. The minimum Gasteiger partial charge on any atom is -0.325 e. The van der Waals surface area contributed by atoms with Gasteiger partial charge in [-0.1, -0.05) is 36.4 Å². The summed E-state index contributed by atoms with van der Waals surface area (Å²) in [6, 6.07) is 18.3. The zero-order valence-electron chi connectivity index (χ0n) is 14.7. The van der Waals surface area contributed by atoms with Gasteiger partial charge in [0.05, 0.1) is 16.3 Å². The van der Waals surface area contributed by atoms with Crippen molar-refractivity contribution < 1.29 is 13.2 Å². The number of para-hydroxylation sites is 1. The second-order valence-corrected chi connectivity index (χ2v) is 8.89. The predicted octanol–water partition coefficient (Wildman–Crippen LogP) is 4.10. The number of amides is 1. The molecule has 0 spiro atoms. The summed E-state index contributed by atoms with van der Waals surface area (Å²) >= 11 is 1.55. The van der Waals surface area contributed by atoms with Gasteiger partial charge in [-0.25, -0.2) is 8.42 Å². The van der Waals surface area contributed by atoms with Gasteiger partial charge < -0.3 is 5.32 Å². The van der Waals surface area contributed by atoms with E-state index in [1.54, 1.807) is 30.0 Å². The van der Waals surface area contributed by atoms with E-state index in [2.05, 4.69) is 5.32 Å². The highest BCUT2D eigenvalue weighted by Gasteiger charge is 2.35. The molecule has 1 heterocycles. The molecule has 7 heteroatoms. The van der Waals surface area contributed by atoms with Crippen LogP contribution in [0.25, 0.3) is 10.8 Å². The van der Waals surface area contributed by atoms with Crippen molar-refractivity contribution in [2.45, 2.75) is 16.2 Å². The Labute approximate surface area is 162 Å². The Morgan fingerprint density at radius 2 is 1.78 bits per heavy atom. The van der Waals surface area contributed by atoms with E-state index >= 15 is 0 Å². The fourth-order valence-corrected chi connectivity index (χ4v) is 5.63. The quantitative estimate of drug-likeness (QED) is 0.657. The molecule has 0 saturated carbocycles. The topological polar surface area (TPSA) is 66.5 Å². The van der Waals surface area contributed by atoms with Crippen molar-refractivity contribution in [2.24, 2.45) is 0 Å². The zero-order chi connectivity index (χ0) is 19.0. The van der Waals surface area contributed by atoms with Crippen molar-refractivity contribution >= 4 is 49.8 Å². The van der Waals surface area contributed by atoms with Crippen molar-refractivity contribution in [3.63, 3.8) is 0 Å². The Bertz CT molecular complexity index is 1140. The monoisotopic (exact) mass is 398 g/mol. The Balaban J connectivity index is 1.56. The van der Waals surface area contributed by atoms with Gasteiger partial charge in [-0.15, -0.1) is 11.8 Å². The number of carbonyl (C=O) groups excluding carboxylic acids is 1. The average molecular weight is 399 g/mol. The third kappa shape index (κ3) is 3.07. The summed E-state index contributed by atoms with van der Waals surface area (Å²) in [4.78, 5) is 13.7. The fraction of sp³-hybridized carbons (Fsp3) is 0.150. The molecular formula is C20H18N2O3S2. The molecule has 0 aliphatic carbocycles. The van der Waals surface area contributed by atoms with Gasteiger partial charge in [-0.3, -0.25) is 9.10 Å². The highest BCUT2D eigenvalue weighted by Crippen LogP contribution is 2.41. The summed E-state index contributed by atoms with van der Waals surface area (Å²) in [5.74, 6) is -0.213. The van der Waals surface area contributed by atoms with E-state index in [0.29, 0.717) is 10.6 Å². The second-order valence-electron chi connectivity index (χ2n) is 6.21. The van der Waals surface area contributed by atoms with Gasteiger partial charge in [0.25, 0.3) is 10.0 Å². The van der Waals surface area contributed by atoms with Crippen LogP contribution in [-0.4, -0.2) is 27.1 Å². The number of nitrogens with zero attached hydrogens (tertiary/aromatic N) is 1. The first-order valence-electron chi connectivity index (χ1n) is 8.50. The van der Waals surface area contributed by atoms with E-state index in [1.807, 2.05) is 48.7 Å². The van der Waals surface area contributed by atoms with Crippen LogP contribution in [0.3, 0.4) is 0 Å². The summed E-state index contributed by atoms with van der Waals surface area (Å²) in [6.07, 6.45) is 2.02. The molecule has 3 aromatic carbocycles. The SMILES string of the molecule is CSc1ccccc1NC(=O)CCN1c2cccc3cccc(c23)S1(=O)=O. The molecular weight excluding hydrogens is 380 g/mol. The molecule has 1 aliphatic rings. The Hall–Kier alpha value is -2.51. The molecule has 1 N–H and O–H groups in total. The smallest absolute Gasteiger partial charge is 0.265 e. The molecule has 0 atom stereocenters. The first-order valence-corrected chi connectivity index (χ1v) is 11.2. The number of nitrogens with one attached hydrogen (secondary N) is 1. The van der Waals surface area contributed by atoms with Gasteiger partial charge in [0.1, 0.15) is 0 Å². The molecule has 0 fully saturated rings. The minimum absolute atomic E-state index is 0.0757. The van der Waals surface area contributed by atoms with E-state index in [4.69, 9.17) is 0 Å². The van der Waals surface area contributed by atoms with Crippen molar-refractivity contribution in [1.82, 2.24) is 0 Å². The number of sulfonamides is 1. The normalized spacial score (nSPS) is 14.5. The largest absolute Gasteiger partial charge is 0.325 e. The summed E-state index contributed by atoms with van der Waals surface area (Å²) in [6.45, 7) is 0.101. The molecule has 0 saturated heterocycles. The lowest BCUT2D eigenvalue weighted by Gasteiger charge is -2.18. The molecule has 1 amide bonds. The fourth-order valence-electron chi connectivity index (χ4n) is 3.36. The molecule has 1 aliphatic heterocycles. The maximum absolute atomic E-state index is 12.9. The molecule has 0 bridgehead atoms. The number of hydrogen-bond donors (Lipinski definition) is 1. The molecule has 138 valence electrons. The second kappa shape index (κ2) is 6.90. The summed E-state index contributed by atoms with van der Waals surface area (Å²) in [7, 11) is -3.63. The van der Waals surface area contributed by atoms with Crippen LogP contribution in [-0.2, 0) is 14.8 Å². The first-order chi connectivity index (χ1) is 13.0. The van der Waals surface area contributed by atoms with Crippen LogP contribution in [0.1, 0.15) is 6.42 Å². The van der Waals surface area contributed by atoms with Crippen molar-refractivity contribution in [2.75, 3.05) is 22.4 Å². The van der Waals surface area contributed by atoms with Gasteiger partial charge in [0.15, 0.2) is 0 Å². The number of hydrogen-bond acceptors (Lipinski definition) is 4. The summed E-state index contributed by atoms with van der Waals surface area (Å²) in [5.41, 5.74) is 1.38. The Kier molecular flexibility index (Phi) is 4.57. The van der Waals surface area contributed by atoms with Gasteiger partial charge in [0.2, 0.25) is 5.91 Å². The standard InChI is InChI=1S/C20H18N2O3S2/c1-26-17-10-3-2-8-15(17)21-19(23)12-13-22-16-9-4-6-14-7-5-11-18(20(14)16)27(22,24)25/h2-11H,12-13H2,1H3,(H,21,23). The van der Waals surface area contributed by atoms with Crippen LogP contribution in [0.2, 0.25) is 0 Å². The first kappa shape index (κ1) is 17.9. The zero-order valence-corrected chi connectivity index (χ0v) is 16.3. The minimum atomic E-state index is -3.63. The van der Waals surface area contributed by atoms with E-state index in [1.165, 1.54) is 4.31 Å². The van der Waals surface area contributed by atoms with Crippen LogP contribution in [0.5, 0.6) is 0 Å². The molecule has 27 heavy (non-hydrogen) atoms. The maximum Gasteiger partial charge on any atom is 0.265 e. The van der Waals surface area contributed by atoms with Gasteiger partial charge in [-0.05, 0) is 35.9 Å². The summed E-state index contributed by atoms with van der Waals surface area (Å²) in [5, 5.41) is 4.49. The van der Waals surface area contributed by atoms with E-state index in [-0.39, 0.29) is 18.9 Å². The van der Waals surface area contributed by atoms with Crippen molar-refractivity contribution in [1.29, 1.82) is 0 Å². The van der Waals surface area contributed by atoms with Crippen LogP contribution in [0.15, 0.2) is 70.5 Å². The molecule has 5 nitrogen and oxygen atoms in total. The highest BCUT2D eigenvalue weighted by atomic mass is 32.2. The van der Waals surface area contributed by atoms with Crippen LogP contribution in [0, 0.1) is 0 Å². The number of thioether (sulfide) groups is 1. The lowest BCUT2D eigenvalue weighted by Crippen LogP contribution is -2.30. The van der Waals surface area contributed by atoms with Crippen LogP contribution >= 0.6 is 11.8 Å². The average Bonchev–Trinajstić information content (AvgIpc) is 2.89. The third-order valence-electron chi connectivity index (χ3n) is 4.60. The lowest BCUT2D eigenvalue weighted by molar-refractivity contribution is -0.116. The number of benzene rings is 3. The molecule has 4 rings (SSSR count). The Morgan fingerprint density at radius 1 is 1.04 bits per heavy atom. The predicted molar refractivity (Wildman–Crippen MR) is 110 cm³/mol. The van der Waals surface area contributed by atoms with Crippen molar-refractivity contribution in [3.05, 3.63) is 60.7 Å². The number of anilines is 2. The van der Waals surface area contributed by atoms with Crippen molar-refractivity contribution in [3.8, 4) is 0 Å². The van der Waals surface area contributed by atoms with E-state index in [0.717, 1.165) is 21.4 Å². The number of carbonyl (C=O) groups is 1. The van der Waals surface area contributed by atoms with E-state index < -0.39 is 10.0 Å². The van der Waals surface area contributed by atoms with Crippen LogP contribution < -0.4 is 9.62 Å². The number of rotatable bonds is 5. The van der Waals surface area contributed by atoms with Crippen LogP contribution in [0.4, 0.5) is 11.4 Å². The summed E-state index contributed by atoms with van der Waals surface area (Å²) < 4.78 is 27.2. The molecule has 0 unspecified atom stereocenters. The molecule has 0 aromatic heterocycles. The van der Waals surface area contributed by atoms with Gasteiger partial charge >= 0.3 is 0 Å². The Morgan fingerprint density at radius 3 is 2.56 bits per heavy atom. The lowest BCUT2D eigenvalue weighted by atomic mass is 10.1. The van der Waals surface area contributed by atoms with Gasteiger partial charge in [-0.2, -0.15) is 0 Å². The highest BCUT2D eigenvalue weighted by molar-refractivity contribution is 7.98. The molecule has 0 radical (unpaired) electrons. The van der Waals surface area contributed by atoms with Gasteiger partial charge in [0, 0.05) is 23.2 Å². The van der Waals surface area contributed by atoms with E-state index in [9.17, 15) is 13.2 Å². The maximum atomic E-state index is 12.9. The third-order valence-corrected chi connectivity index (χ3v) is 7.26.